The number of hydrogen-bond acceptors (Lipinski definition) is 1. The van der Waals surface area contributed by atoms with E-state index in [1.807, 2.05) is 0 Å². The minimum Gasteiger partial charge on any atom is -0.313 e. The largest absolute Gasteiger partial charge is 0.313 e. The van der Waals surface area contributed by atoms with Crippen LogP contribution >= 0.6 is 0 Å². The molecule has 0 aromatic heterocycles. The van der Waals surface area contributed by atoms with Crippen molar-refractivity contribution in [3.63, 3.8) is 0 Å². The molecule has 1 heteroatoms. The Morgan fingerprint density at radius 1 is 1.36 bits per heavy atom. The summed E-state index contributed by atoms with van der Waals surface area (Å²) in [6, 6.07) is 0.583. The van der Waals surface area contributed by atoms with Gasteiger partial charge in [0.05, 0.1) is 0 Å². The van der Waals surface area contributed by atoms with E-state index in [4.69, 9.17) is 0 Å². The Balaban J connectivity index is 2.79. The molecule has 0 spiro atoms. The van der Waals surface area contributed by atoms with Crippen LogP contribution in [0.15, 0.2) is 11.6 Å². The molecule has 0 aromatic rings. The van der Waals surface area contributed by atoms with Gasteiger partial charge in [-0.2, -0.15) is 0 Å². The highest BCUT2D eigenvalue weighted by atomic mass is 14.9. The quantitative estimate of drug-likeness (QED) is 0.677. The lowest BCUT2D eigenvalue weighted by atomic mass is 9.75. The molecule has 0 aliphatic heterocycles. The molecule has 0 saturated heterocycles. The van der Waals surface area contributed by atoms with E-state index in [1.165, 1.54) is 37.7 Å². The van der Waals surface area contributed by atoms with Crippen LogP contribution in [-0.4, -0.2) is 13.1 Å². The highest BCUT2D eigenvalue weighted by molar-refractivity contribution is 5.08. The molecule has 0 heterocycles. The van der Waals surface area contributed by atoms with Gasteiger partial charge in [0.2, 0.25) is 0 Å². The van der Waals surface area contributed by atoms with Crippen LogP contribution < -0.4 is 5.32 Å². The van der Waals surface area contributed by atoms with E-state index < -0.39 is 0 Å². The molecular formula is C13H25N. The first-order valence-corrected chi connectivity index (χ1v) is 5.97. The van der Waals surface area contributed by atoms with E-state index >= 15 is 0 Å². The van der Waals surface area contributed by atoms with E-state index in [9.17, 15) is 0 Å². The van der Waals surface area contributed by atoms with Gasteiger partial charge < -0.3 is 5.32 Å². The summed E-state index contributed by atoms with van der Waals surface area (Å²) in [6.45, 7) is 6.74. The molecule has 1 nitrogen and oxygen atoms in total. The highest BCUT2D eigenvalue weighted by Gasteiger charge is 2.37. The number of likely N-dealkylation sites (N-methyl/N-ethyl adjacent to an activating group) is 1. The molecule has 1 fully saturated rings. The van der Waals surface area contributed by atoms with Crippen molar-refractivity contribution >= 4 is 0 Å². The summed E-state index contributed by atoms with van der Waals surface area (Å²) in [6.07, 6.45) is 9.36. The summed E-state index contributed by atoms with van der Waals surface area (Å²) >= 11 is 0. The van der Waals surface area contributed by atoms with Crippen molar-refractivity contribution in [2.45, 2.75) is 58.9 Å². The van der Waals surface area contributed by atoms with Gasteiger partial charge in [0.1, 0.15) is 0 Å². The Morgan fingerprint density at radius 2 is 1.93 bits per heavy atom. The van der Waals surface area contributed by atoms with Crippen LogP contribution in [0, 0.1) is 5.41 Å². The van der Waals surface area contributed by atoms with Gasteiger partial charge in [0.25, 0.3) is 0 Å². The first-order valence-electron chi connectivity index (χ1n) is 5.97. The molecule has 1 saturated carbocycles. The van der Waals surface area contributed by atoms with E-state index in [1.54, 1.807) is 0 Å². The third-order valence-corrected chi connectivity index (χ3v) is 3.77. The standard InChI is InChI=1S/C13H25N/c1-5-13(8-6-7-9-13)12(14-4)10-11(2)3/h10,12,14H,5-9H2,1-4H3. The average Bonchev–Trinajstić information content (AvgIpc) is 2.63. The van der Waals surface area contributed by atoms with Gasteiger partial charge in [-0.3, -0.25) is 0 Å². The zero-order valence-corrected chi connectivity index (χ0v) is 10.2. The second kappa shape index (κ2) is 4.97. The van der Waals surface area contributed by atoms with Crippen LogP contribution in [0.25, 0.3) is 0 Å². The van der Waals surface area contributed by atoms with Gasteiger partial charge in [-0.25, -0.2) is 0 Å². The van der Waals surface area contributed by atoms with Crippen LogP contribution in [-0.2, 0) is 0 Å². The van der Waals surface area contributed by atoms with E-state index in [0.29, 0.717) is 11.5 Å². The zero-order valence-electron chi connectivity index (χ0n) is 10.2. The zero-order chi connectivity index (χ0) is 10.6. The number of hydrogen-bond donors (Lipinski definition) is 1. The topological polar surface area (TPSA) is 12.0 Å². The third kappa shape index (κ3) is 2.38. The molecule has 0 aromatic carbocycles. The Kier molecular flexibility index (Phi) is 4.18. The molecule has 14 heavy (non-hydrogen) atoms. The van der Waals surface area contributed by atoms with Gasteiger partial charge in [0, 0.05) is 6.04 Å². The molecule has 0 amide bonds. The maximum atomic E-state index is 3.49. The van der Waals surface area contributed by atoms with Gasteiger partial charge in [0.15, 0.2) is 0 Å². The molecule has 0 radical (unpaired) electrons. The summed E-state index contributed by atoms with van der Waals surface area (Å²) in [5, 5.41) is 3.49. The molecule has 1 rings (SSSR count). The summed E-state index contributed by atoms with van der Waals surface area (Å²) in [4.78, 5) is 0. The van der Waals surface area contributed by atoms with Gasteiger partial charge >= 0.3 is 0 Å². The van der Waals surface area contributed by atoms with Crippen LogP contribution in [0.1, 0.15) is 52.9 Å². The lowest BCUT2D eigenvalue weighted by Gasteiger charge is -2.35. The lowest BCUT2D eigenvalue weighted by Crippen LogP contribution is -2.40. The van der Waals surface area contributed by atoms with Crippen molar-refractivity contribution < 1.29 is 0 Å². The van der Waals surface area contributed by atoms with E-state index in [0.717, 1.165) is 0 Å². The molecule has 1 N–H and O–H groups in total. The highest BCUT2D eigenvalue weighted by Crippen LogP contribution is 2.44. The molecule has 1 atom stereocenters. The van der Waals surface area contributed by atoms with Crippen molar-refractivity contribution in [2.24, 2.45) is 5.41 Å². The van der Waals surface area contributed by atoms with Crippen LogP contribution in [0.5, 0.6) is 0 Å². The first kappa shape index (κ1) is 11.8. The molecular weight excluding hydrogens is 170 g/mol. The van der Waals surface area contributed by atoms with Gasteiger partial charge in [-0.05, 0) is 45.6 Å². The maximum Gasteiger partial charge on any atom is 0.0306 e. The molecule has 1 aliphatic rings. The Bertz CT molecular complexity index is 195. The predicted molar refractivity (Wildman–Crippen MR) is 63.5 cm³/mol. The summed E-state index contributed by atoms with van der Waals surface area (Å²) in [5.74, 6) is 0. The fourth-order valence-electron chi connectivity index (χ4n) is 2.86. The Labute approximate surface area is 89.0 Å². The second-order valence-electron chi connectivity index (χ2n) is 4.93. The van der Waals surface area contributed by atoms with Crippen molar-refractivity contribution in [3.8, 4) is 0 Å². The molecule has 82 valence electrons. The Hall–Kier alpha value is -0.300. The first-order chi connectivity index (χ1) is 6.64. The normalized spacial score (nSPS) is 22.0. The molecule has 1 unspecified atom stereocenters. The summed E-state index contributed by atoms with van der Waals surface area (Å²) in [5.41, 5.74) is 1.98. The third-order valence-electron chi connectivity index (χ3n) is 3.77. The molecule has 1 aliphatic carbocycles. The predicted octanol–water partition coefficient (Wildman–Crippen LogP) is 3.51. The van der Waals surface area contributed by atoms with Crippen molar-refractivity contribution in [2.75, 3.05) is 7.05 Å². The second-order valence-corrected chi connectivity index (χ2v) is 4.93. The van der Waals surface area contributed by atoms with E-state index in [-0.39, 0.29) is 0 Å². The van der Waals surface area contributed by atoms with Crippen molar-refractivity contribution in [1.82, 2.24) is 5.32 Å². The SMILES string of the molecule is CCC1(C(C=C(C)C)NC)CCCC1. The average molecular weight is 195 g/mol. The summed E-state index contributed by atoms with van der Waals surface area (Å²) in [7, 11) is 2.10. The smallest absolute Gasteiger partial charge is 0.0306 e. The fraction of sp³-hybridized carbons (Fsp3) is 0.846. The number of nitrogens with one attached hydrogen (secondary N) is 1. The number of rotatable bonds is 4. The van der Waals surface area contributed by atoms with E-state index in [2.05, 4.69) is 39.2 Å². The summed E-state index contributed by atoms with van der Waals surface area (Å²) < 4.78 is 0. The molecule has 0 bridgehead atoms. The maximum absolute atomic E-state index is 3.49. The van der Waals surface area contributed by atoms with Crippen molar-refractivity contribution in [1.29, 1.82) is 0 Å². The Morgan fingerprint density at radius 3 is 2.29 bits per heavy atom. The monoisotopic (exact) mass is 195 g/mol. The van der Waals surface area contributed by atoms with Crippen LogP contribution in [0.4, 0.5) is 0 Å². The fourth-order valence-corrected chi connectivity index (χ4v) is 2.86. The van der Waals surface area contributed by atoms with Gasteiger partial charge in [-0.1, -0.05) is 31.4 Å². The van der Waals surface area contributed by atoms with Gasteiger partial charge in [-0.15, -0.1) is 0 Å². The minimum absolute atomic E-state index is 0.548. The lowest BCUT2D eigenvalue weighted by molar-refractivity contribution is 0.226. The van der Waals surface area contributed by atoms with Crippen LogP contribution in [0.3, 0.4) is 0 Å². The number of allylic oxidation sites excluding steroid dienone is 1. The van der Waals surface area contributed by atoms with Crippen LogP contribution in [0.2, 0.25) is 0 Å². The van der Waals surface area contributed by atoms with Crippen molar-refractivity contribution in [3.05, 3.63) is 11.6 Å². The minimum atomic E-state index is 0.548.